The van der Waals surface area contributed by atoms with Gasteiger partial charge in [-0.3, -0.25) is 9.82 Å². The highest BCUT2D eigenvalue weighted by Gasteiger charge is 2.07. The van der Waals surface area contributed by atoms with Crippen molar-refractivity contribution in [1.82, 2.24) is 10.5 Å². The van der Waals surface area contributed by atoms with Gasteiger partial charge in [0.2, 0.25) is 0 Å². The molecule has 0 unspecified atom stereocenters. The van der Waals surface area contributed by atoms with E-state index in [1.807, 2.05) is 0 Å². The average molecular weight is 216 g/mol. The van der Waals surface area contributed by atoms with E-state index in [2.05, 4.69) is 20.6 Å². The van der Waals surface area contributed by atoms with Crippen molar-refractivity contribution in [3.05, 3.63) is 23.0 Å². The molecule has 0 radical (unpaired) electrons. The molecule has 1 rings (SSSR count). The Kier molecular flexibility index (Phi) is 3.67. The van der Waals surface area contributed by atoms with Gasteiger partial charge < -0.3 is 5.32 Å². The van der Waals surface area contributed by atoms with E-state index in [0.717, 1.165) is 5.56 Å². The lowest BCUT2D eigenvalue weighted by molar-refractivity contribution is 0.114. The summed E-state index contributed by atoms with van der Waals surface area (Å²) in [5.74, 6) is 0. The van der Waals surface area contributed by atoms with Crippen LogP contribution in [0.5, 0.6) is 0 Å². The van der Waals surface area contributed by atoms with Gasteiger partial charge in [-0.05, 0) is 12.5 Å². The summed E-state index contributed by atoms with van der Waals surface area (Å²) in [5, 5.41) is 2.92. The fraction of sp³-hybridized carbons (Fsp3) is 0.250. The van der Waals surface area contributed by atoms with Gasteiger partial charge in [-0.1, -0.05) is 11.6 Å². The normalized spacial score (nSPS) is 9.64. The minimum atomic E-state index is -0.483. The van der Waals surface area contributed by atoms with Crippen molar-refractivity contribution in [3.8, 4) is 0 Å². The second kappa shape index (κ2) is 4.78. The molecule has 5 nitrogen and oxygen atoms in total. The topological polar surface area (TPSA) is 63.2 Å². The van der Waals surface area contributed by atoms with Crippen LogP contribution in [-0.4, -0.2) is 18.1 Å². The Hall–Kier alpha value is -1.33. The fourth-order valence-electron chi connectivity index (χ4n) is 0.922. The summed E-state index contributed by atoms with van der Waals surface area (Å²) in [6.45, 7) is 1.79. The van der Waals surface area contributed by atoms with Crippen LogP contribution in [0.1, 0.15) is 5.56 Å². The number of aromatic nitrogens is 1. The van der Waals surface area contributed by atoms with Crippen LogP contribution in [0.2, 0.25) is 5.02 Å². The van der Waals surface area contributed by atoms with E-state index in [1.54, 1.807) is 13.1 Å². The van der Waals surface area contributed by atoms with Crippen LogP contribution in [0.4, 0.5) is 10.5 Å². The van der Waals surface area contributed by atoms with Gasteiger partial charge in [0, 0.05) is 12.4 Å². The summed E-state index contributed by atoms with van der Waals surface area (Å²) < 4.78 is 0. The van der Waals surface area contributed by atoms with Crippen LogP contribution in [0.3, 0.4) is 0 Å². The number of urea groups is 1. The first-order valence-electron chi connectivity index (χ1n) is 3.85. The quantitative estimate of drug-likeness (QED) is 0.739. The first-order chi connectivity index (χ1) is 6.65. The van der Waals surface area contributed by atoms with E-state index in [-0.39, 0.29) is 0 Å². The second-order valence-electron chi connectivity index (χ2n) is 2.57. The Labute approximate surface area is 86.4 Å². The van der Waals surface area contributed by atoms with Gasteiger partial charge >= 0.3 is 6.03 Å². The first-order valence-corrected chi connectivity index (χ1v) is 4.23. The van der Waals surface area contributed by atoms with Gasteiger partial charge in [-0.25, -0.2) is 10.3 Å². The molecule has 0 bridgehead atoms. The van der Waals surface area contributed by atoms with Crippen LogP contribution < -0.4 is 10.8 Å². The number of anilines is 1. The summed E-state index contributed by atoms with van der Waals surface area (Å²) in [5.41, 5.74) is 3.42. The predicted molar refractivity (Wildman–Crippen MR) is 53.1 cm³/mol. The third-order valence-electron chi connectivity index (χ3n) is 1.52. The molecule has 2 amide bonds. The molecule has 0 fully saturated rings. The minimum absolute atomic E-state index is 0.385. The molecule has 0 spiro atoms. The summed E-state index contributed by atoms with van der Waals surface area (Å²) >= 11 is 5.83. The smallest absolute Gasteiger partial charge is 0.304 e. The molecule has 0 aromatic carbocycles. The number of hydrogen-bond donors (Lipinski definition) is 2. The third-order valence-corrected chi connectivity index (χ3v) is 1.81. The zero-order chi connectivity index (χ0) is 10.6. The standard InChI is InChI=1S/C8H10ClN3O2/c1-5-3-10-4-6(9)7(5)11-8(13)12-14-2/h3-4H,1-2H3,(H2,10,11,12,13). The molecular formula is C8H10ClN3O2. The van der Waals surface area contributed by atoms with Crippen LogP contribution in [0.15, 0.2) is 12.4 Å². The van der Waals surface area contributed by atoms with Crippen molar-refractivity contribution in [2.24, 2.45) is 0 Å². The van der Waals surface area contributed by atoms with Crippen LogP contribution in [0.25, 0.3) is 0 Å². The zero-order valence-corrected chi connectivity index (χ0v) is 8.55. The number of nitrogens with one attached hydrogen (secondary N) is 2. The Bertz CT molecular complexity index is 323. The van der Waals surface area contributed by atoms with Gasteiger partial charge in [0.1, 0.15) is 0 Å². The summed E-state index contributed by atoms with van der Waals surface area (Å²) in [4.78, 5) is 19.4. The summed E-state index contributed by atoms with van der Waals surface area (Å²) in [7, 11) is 1.35. The molecule has 0 saturated carbocycles. The van der Waals surface area contributed by atoms with Crippen LogP contribution in [-0.2, 0) is 4.84 Å². The summed E-state index contributed by atoms with van der Waals surface area (Å²) in [6.07, 6.45) is 3.06. The van der Waals surface area contributed by atoms with Crippen LogP contribution >= 0.6 is 11.6 Å². The molecule has 0 saturated heterocycles. The van der Waals surface area contributed by atoms with Crippen molar-refractivity contribution in [1.29, 1.82) is 0 Å². The Morgan fingerprint density at radius 2 is 2.29 bits per heavy atom. The van der Waals surface area contributed by atoms with Crippen molar-refractivity contribution < 1.29 is 9.63 Å². The first kappa shape index (κ1) is 10.7. The lowest BCUT2D eigenvalue weighted by Gasteiger charge is -2.09. The highest BCUT2D eigenvalue weighted by molar-refractivity contribution is 6.33. The number of carbonyl (C=O) groups is 1. The largest absolute Gasteiger partial charge is 0.343 e. The maximum Gasteiger partial charge on any atom is 0.343 e. The van der Waals surface area contributed by atoms with Gasteiger partial charge in [-0.15, -0.1) is 0 Å². The molecule has 1 heterocycles. The highest BCUT2D eigenvalue weighted by Crippen LogP contribution is 2.23. The number of pyridine rings is 1. The van der Waals surface area contributed by atoms with E-state index in [4.69, 9.17) is 11.6 Å². The number of halogens is 1. The molecule has 2 N–H and O–H groups in total. The average Bonchev–Trinajstić information content (AvgIpc) is 2.12. The van der Waals surface area contributed by atoms with E-state index >= 15 is 0 Å². The Morgan fingerprint density at radius 3 is 2.86 bits per heavy atom. The van der Waals surface area contributed by atoms with Gasteiger partial charge in [-0.2, -0.15) is 0 Å². The fourth-order valence-corrected chi connectivity index (χ4v) is 1.17. The van der Waals surface area contributed by atoms with Crippen LogP contribution in [0, 0.1) is 6.92 Å². The van der Waals surface area contributed by atoms with Gasteiger partial charge in [0.15, 0.2) is 0 Å². The molecule has 0 atom stereocenters. The van der Waals surface area contributed by atoms with E-state index in [9.17, 15) is 4.79 Å². The van der Waals surface area contributed by atoms with E-state index in [1.165, 1.54) is 13.3 Å². The van der Waals surface area contributed by atoms with Gasteiger partial charge in [0.25, 0.3) is 0 Å². The Morgan fingerprint density at radius 1 is 1.57 bits per heavy atom. The second-order valence-corrected chi connectivity index (χ2v) is 2.98. The Balaban J connectivity index is 2.80. The predicted octanol–water partition coefficient (Wildman–Crippen LogP) is 1.73. The van der Waals surface area contributed by atoms with Crippen molar-refractivity contribution in [2.45, 2.75) is 6.92 Å². The zero-order valence-electron chi connectivity index (χ0n) is 7.80. The number of rotatable bonds is 2. The lowest BCUT2D eigenvalue weighted by atomic mass is 10.2. The lowest BCUT2D eigenvalue weighted by Crippen LogP contribution is -2.27. The van der Waals surface area contributed by atoms with Crippen molar-refractivity contribution >= 4 is 23.3 Å². The molecule has 6 heteroatoms. The van der Waals surface area contributed by atoms with Crippen molar-refractivity contribution in [2.75, 3.05) is 12.4 Å². The number of hydrogen-bond acceptors (Lipinski definition) is 3. The monoisotopic (exact) mass is 215 g/mol. The molecule has 0 aliphatic heterocycles. The number of amides is 2. The molecule has 1 aromatic heterocycles. The maximum absolute atomic E-state index is 11.1. The molecule has 1 aromatic rings. The number of carbonyl (C=O) groups excluding carboxylic acids is 1. The van der Waals surface area contributed by atoms with E-state index in [0.29, 0.717) is 10.7 Å². The maximum atomic E-state index is 11.1. The molecule has 0 aliphatic carbocycles. The number of nitrogens with zero attached hydrogens (tertiary/aromatic N) is 1. The summed E-state index contributed by atoms with van der Waals surface area (Å²) in [6, 6.07) is -0.483. The minimum Gasteiger partial charge on any atom is -0.304 e. The third kappa shape index (κ3) is 2.58. The molecule has 0 aliphatic rings. The van der Waals surface area contributed by atoms with E-state index < -0.39 is 6.03 Å². The van der Waals surface area contributed by atoms with Crippen molar-refractivity contribution in [3.63, 3.8) is 0 Å². The number of hydroxylamine groups is 1. The SMILES string of the molecule is CONC(=O)Nc1c(C)cncc1Cl. The molecule has 76 valence electrons. The van der Waals surface area contributed by atoms with Gasteiger partial charge in [0.05, 0.1) is 17.8 Å². The molecule has 14 heavy (non-hydrogen) atoms. The highest BCUT2D eigenvalue weighted by atomic mass is 35.5. The molecular weight excluding hydrogens is 206 g/mol. The number of aryl methyl sites for hydroxylation is 1.